The molecule has 0 bridgehead atoms. The molecule has 0 radical (unpaired) electrons. The Labute approximate surface area is 153 Å². The van der Waals surface area contributed by atoms with E-state index in [9.17, 15) is 48.3 Å². The van der Waals surface area contributed by atoms with Crippen molar-refractivity contribution in [3.63, 3.8) is 0 Å². The van der Waals surface area contributed by atoms with Crippen LogP contribution in [0.3, 0.4) is 0 Å². The number of alkyl halides is 11. The minimum absolute atomic E-state index is 0.212. The summed E-state index contributed by atoms with van der Waals surface area (Å²) in [5.41, 5.74) is -4.75. The molecule has 0 spiro atoms. The number of piperidine rings is 1. The zero-order valence-corrected chi connectivity index (χ0v) is 14.3. The maximum absolute atomic E-state index is 15.0. The van der Waals surface area contributed by atoms with Gasteiger partial charge in [-0.3, -0.25) is 4.90 Å². The molecule has 0 N–H and O–H groups in total. The largest absolute Gasteiger partial charge is 0.429 e. The van der Waals surface area contributed by atoms with Crippen molar-refractivity contribution in [1.29, 1.82) is 0 Å². The highest BCUT2D eigenvalue weighted by Crippen LogP contribution is 2.50. The van der Waals surface area contributed by atoms with Crippen molar-refractivity contribution in [2.75, 3.05) is 13.1 Å². The predicted molar refractivity (Wildman–Crippen MR) is 74.0 cm³/mol. The van der Waals surface area contributed by atoms with E-state index in [1.54, 1.807) is 0 Å². The molecule has 5 unspecified atom stereocenters. The van der Waals surface area contributed by atoms with Crippen LogP contribution in [0.25, 0.3) is 0 Å². The summed E-state index contributed by atoms with van der Waals surface area (Å²) < 4.78 is 151. The Bertz CT molecular complexity index is 531. The van der Waals surface area contributed by atoms with Crippen LogP contribution in [-0.2, 0) is 4.74 Å². The normalized spacial score (nSPS) is 30.1. The van der Waals surface area contributed by atoms with Crippen molar-refractivity contribution < 1.29 is 53.0 Å². The zero-order valence-electron chi connectivity index (χ0n) is 14.3. The molecular weight excluding hydrogens is 419 g/mol. The first-order chi connectivity index (χ1) is 12.6. The average Bonchev–Trinajstić information content (AvgIpc) is 3.10. The van der Waals surface area contributed by atoms with Gasteiger partial charge in [-0.2, -0.15) is 26.3 Å². The average molecular weight is 437 g/mol. The second kappa shape index (κ2) is 7.77. The molecule has 0 amide bonds. The summed E-state index contributed by atoms with van der Waals surface area (Å²) in [4.78, 5) is 0.555. The van der Waals surface area contributed by atoms with Crippen molar-refractivity contribution in [3.8, 4) is 0 Å². The quantitative estimate of drug-likeness (QED) is 0.437. The van der Waals surface area contributed by atoms with Crippen molar-refractivity contribution in [1.82, 2.24) is 4.90 Å². The van der Waals surface area contributed by atoms with Gasteiger partial charge in [-0.1, -0.05) is 6.42 Å². The van der Waals surface area contributed by atoms with Crippen LogP contribution in [0.1, 0.15) is 32.1 Å². The number of ether oxygens (including phenoxy) is 1. The summed E-state index contributed by atoms with van der Waals surface area (Å²) >= 11 is 0. The molecule has 28 heavy (non-hydrogen) atoms. The van der Waals surface area contributed by atoms with Gasteiger partial charge in [0.1, 0.15) is 12.2 Å². The van der Waals surface area contributed by atoms with Crippen molar-refractivity contribution in [2.45, 2.75) is 80.7 Å². The van der Waals surface area contributed by atoms with Gasteiger partial charge in [0.05, 0.1) is 0 Å². The first-order valence-electron chi connectivity index (χ1n) is 8.51. The van der Waals surface area contributed by atoms with E-state index in [0.717, 1.165) is 0 Å². The van der Waals surface area contributed by atoms with E-state index in [1.165, 1.54) is 0 Å². The Hall–Kier alpha value is -0.850. The van der Waals surface area contributed by atoms with Crippen LogP contribution in [0.5, 0.6) is 0 Å². The molecule has 5 atom stereocenters. The fourth-order valence-corrected chi connectivity index (χ4v) is 3.49. The zero-order chi connectivity index (χ0) is 21.5. The molecule has 2 aliphatic heterocycles. The summed E-state index contributed by atoms with van der Waals surface area (Å²) in [6.45, 7) is -0.425. The third-order valence-corrected chi connectivity index (χ3v) is 5.04. The Balaban J connectivity index is 2.25. The molecule has 0 aromatic carbocycles. The molecule has 2 aliphatic rings. The van der Waals surface area contributed by atoms with Gasteiger partial charge in [-0.05, 0) is 25.7 Å². The minimum atomic E-state index is -6.00. The Morgan fingerprint density at radius 1 is 0.750 bits per heavy atom. The van der Waals surface area contributed by atoms with Crippen molar-refractivity contribution >= 4 is 0 Å². The van der Waals surface area contributed by atoms with E-state index in [1.807, 2.05) is 0 Å². The third kappa shape index (κ3) is 4.19. The lowest BCUT2D eigenvalue weighted by Gasteiger charge is -2.41. The first-order valence-corrected chi connectivity index (χ1v) is 8.51. The van der Waals surface area contributed by atoms with E-state index in [4.69, 9.17) is 0 Å². The summed E-state index contributed by atoms with van der Waals surface area (Å²) in [5, 5.41) is 0. The number of hydrogen-bond donors (Lipinski definition) is 0. The van der Waals surface area contributed by atoms with Gasteiger partial charge in [-0.15, -0.1) is 0 Å². The molecule has 0 aliphatic carbocycles. The Kier molecular flexibility index (Phi) is 6.50. The lowest BCUT2D eigenvalue weighted by Crippen LogP contribution is -2.63. The third-order valence-electron chi connectivity index (χ3n) is 5.04. The molecular formula is C15H18F11NO. The Morgan fingerprint density at radius 3 is 1.71 bits per heavy atom. The second-order valence-corrected chi connectivity index (χ2v) is 6.97. The molecule has 2 nitrogen and oxygen atoms in total. The highest BCUT2D eigenvalue weighted by Gasteiger charge is 2.71. The van der Waals surface area contributed by atoms with Gasteiger partial charge in [0, 0.05) is 13.1 Å². The van der Waals surface area contributed by atoms with Gasteiger partial charge in [0.25, 0.3) is 11.8 Å². The van der Waals surface area contributed by atoms with Gasteiger partial charge in [0.15, 0.2) is 6.30 Å². The molecule has 2 heterocycles. The maximum Gasteiger partial charge on any atom is 0.429 e. The number of nitrogens with zero attached hydrogens (tertiary/aromatic N) is 1. The predicted octanol–water partition coefficient (Wildman–Crippen LogP) is 5.12. The lowest BCUT2D eigenvalue weighted by molar-refractivity contribution is -0.315. The highest BCUT2D eigenvalue weighted by molar-refractivity contribution is 5.05. The summed E-state index contributed by atoms with van der Waals surface area (Å²) in [6.07, 6.45) is -26.9. The molecule has 2 rings (SSSR count). The van der Waals surface area contributed by atoms with Crippen LogP contribution in [0.4, 0.5) is 48.3 Å². The smallest absolute Gasteiger partial charge is 0.365 e. The van der Waals surface area contributed by atoms with Gasteiger partial charge in [-0.25, -0.2) is 22.0 Å². The number of rotatable bonds is 5. The monoisotopic (exact) mass is 437 g/mol. The van der Waals surface area contributed by atoms with Gasteiger partial charge >= 0.3 is 18.3 Å². The van der Waals surface area contributed by atoms with Gasteiger partial charge < -0.3 is 4.74 Å². The molecule has 2 fully saturated rings. The number of halogens is 11. The minimum Gasteiger partial charge on any atom is -0.365 e. The second-order valence-electron chi connectivity index (χ2n) is 6.97. The first kappa shape index (κ1) is 23.4. The Morgan fingerprint density at radius 2 is 1.25 bits per heavy atom. The van der Waals surface area contributed by atoms with Crippen LogP contribution >= 0.6 is 0 Å². The molecule has 2 saturated heterocycles. The maximum atomic E-state index is 15.0. The summed E-state index contributed by atoms with van der Waals surface area (Å²) in [6, 6.07) is 0. The van der Waals surface area contributed by atoms with Crippen LogP contribution in [0.15, 0.2) is 0 Å². The number of hydrogen-bond acceptors (Lipinski definition) is 2. The van der Waals surface area contributed by atoms with Gasteiger partial charge in [0.2, 0.25) is 0 Å². The van der Waals surface area contributed by atoms with E-state index in [-0.39, 0.29) is 25.9 Å². The standard InChI is InChI=1S/C15H18F11NO/c16-10(14(21,22)23)13(19,20)9-5-4-8(28-9)12(18,15(24,25)26)11(17)27-6-2-1-3-7-27/h8-11H,1-7H2. The molecule has 0 aromatic heterocycles. The van der Waals surface area contributed by atoms with E-state index in [2.05, 4.69) is 4.74 Å². The fraction of sp³-hybridized carbons (Fsp3) is 1.00. The lowest BCUT2D eigenvalue weighted by atomic mass is 9.92. The SMILES string of the molecule is FC(C(F)(F)F)C(F)(F)C1CCC(C(F)(C(F)N2CCCCC2)C(F)(F)F)O1. The van der Waals surface area contributed by atoms with Crippen molar-refractivity contribution in [3.05, 3.63) is 0 Å². The highest BCUT2D eigenvalue weighted by atomic mass is 19.4. The van der Waals surface area contributed by atoms with Crippen LogP contribution in [0.2, 0.25) is 0 Å². The summed E-state index contributed by atoms with van der Waals surface area (Å²) in [5.74, 6) is -5.25. The van der Waals surface area contributed by atoms with E-state index < -0.39 is 61.5 Å². The molecule has 0 saturated carbocycles. The van der Waals surface area contributed by atoms with E-state index in [0.29, 0.717) is 11.3 Å². The van der Waals surface area contributed by atoms with Crippen LogP contribution in [-0.4, -0.2) is 66.6 Å². The number of likely N-dealkylation sites (tertiary alicyclic amines) is 1. The molecule has 13 heteroatoms. The van der Waals surface area contributed by atoms with Crippen LogP contribution < -0.4 is 0 Å². The molecule has 0 aromatic rings. The van der Waals surface area contributed by atoms with Crippen molar-refractivity contribution in [2.24, 2.45) is 0 Å². The van der Waals surface area contributed by atoms with Crippen LogP contribution in [0, 0.1) is 0 Å². The van der Waals surface area contributed by atoms with E-state index >= 15 is 0 Å². The topological polar surface area (TPSA) is 12.5 Å². The fourth-order valence-electron chi connectivity index (χ4n) is 3.49. The summed E-state index contributed by atoms with van der Waals surface area (Å²) in [7, 11) is 0. The molecule has 166 valence electrons.